The summed E-state index contributed by atoms with van der Waals surface area (Å²) in [5, 5.41) is 7.83. The van der Waals surface area contributed by atoms with E-state index in [1.165, 1.54) is 0 Å². The predicted molar refractivity (Wildman–Crippen MR) is 91.9 cm³/mol. The zero-order valence-electron chi connectivity index (χ0n) is 12.5. The Morgan fingerprint density at radius 3 is 2.57 bits per heavy atom. The van der Waals surface area contributed by atoms with Gasteiger partial charge in [0.2, 0.25) is 0 Å². The second-order valence-corrected chi connectivity index (χ2v) is 6.79. The number of rotatable bonds is 5. The summed E-state index contributed by atoms with van der Waals surface area (Å²) < 4.78 is 9.53. The number of nitrogens with zero attached hydrogens (tertiary/aromatic N) is 2. The summed E-state index contributed by atoms with van der Waals surface area (Å²) in [6.45, 7) is 4.24. The molecule has 0 amide bonds. The van der Waals surface area contributed by atoms with E-state index in [1.54, 1.807) is 7.11 Å². The molecule has 114 valence electrons. The third-order valence-electron chi connectivity index (χ3n) is 3.34. The van der Waals surface area contributed by atoms with Gasteiger partial charge < -0.3 is 10.1 Å². The monoisotopic (exact) mass is 415 g/mol. The first-order valence-corrected chi connectivity index (χ1v) is 8.31. The maximum atomic E-state index is 5.53. The van der Waals surface area contributed by atoms with Gasteiger partial charge in [0, 0.05) is 16.1 Å². The van der Waals surface area contributed by atoms with Gasteiger partial charge in [-0.25, -0.2) is 0 Å². The largest absolute Gasteiger partial charge is 0.496 e. The Bertz CT molecular complexity index is 625. The molecule has 2 aromatic rings. The van der Waals surface area contributed by atoms with E-state index in [1.807, 2.05) is 30.1 Å². The molecule has 2 rings (SSSR count). The molecule has 1 heterocycles. The SMILES string of the molecule is CNC(c1ccc(Br)cc1OC)c1c(Br)cnn1C(C)C. The molecular weight excluding hydrogens is 398 g/mol. The molecule has 1 atom stereocenters. The minimum atomic E-state index is -0.00711. The highest BCUT2D eigenvalue weighted by molar-refractivity contribution is 9.10. The molecule has 0 bridgehead atoms. The van der Waals surface area contributed by atoms with Crippen LogP contribution in [-0.4, -0.2) is 23.9 Å². The number of halogens is 2. The molecule has 0 aliphatic heterocycles. The van der Waals surface area contributed by atoms with Crippen molar-refractivity contribution in [2.45, 2.75) is 25.9 Å². The molecule has 0 saturated carbocycles. The van der Waals surface area contributed by atoms with Crippen molar-refractivity contribution in [1.29, 1.82) is 0 Å². The van der Waals surface area contributed by atoms with Gasteiger partial charge in [0.25, 0.3) is 0 Å². The van der Waals surface area contributed by atoms with Crippen molar-refractivity contribution in [1.82, 2.24) is 15.1 Å². The highest BCUT2D eigenvalue weighted by Gasteiger charge is 2.24. The molecule has 1 aromatic carbocycles. The fourth-order valence-corrected chi connectivity index (χ4v) is 3.24. The van der Waals surface area contributed by atoms with E-state index in [9.17, 15) is 0 Å². The lowest BCUT2D eigenvalue weighted by atomic mass is 10.0. The fourth-order valence-electron chi connectivity index (χ4n) is 2.40. The molecule has 0 radical (unpaired) electrons. The molecule has 0 aliphatic carbocycles. The van der Waals surface area contributed by atoms with Gasteiger partial charge >= 0.3 is 0 Å². The van der Waals surface area contributed by atoms with Gasteiger partial charge in [0.05, 0.1) is 29.5 Å². The van der Waals surface area contributed by atoms with Gasteiger partial charge in [0.1, 0.15) is 5.75 Å². The van der Waals surface area contributed by atoms with Gasteiger partial charge in [-0.1, -0.05) is 22.0 Å². The number of nitrogens with one attached hydrogen (secondary N) is 1. The second-order valence-electron chi connectivity index (χ2n) is 5.02. The fraction of sp³-hybridized carbons (Fsp3) is 0.400. The van der Waals surface area contributed by atoms with Gasteiger partial charge in [-0.2, -0.15) is 5.10 Å². The van der Waals surface area contributed by atoms with Crippen LogP contribution in [0.1, 0.15) is 37.2 Å². The van der Waals surface area contributed by atoms with Crippen molar-refractivity contribution < 1.29 is 4.74 Å². The molecule has 0 spiro atoms. The average molecular weight is 417 g/mol. The summed E-state index contributed by atoms with van der Waals surface area (Å²) in [5.74, 6) is 0.840. The minimum Gasteiger partial charge on any atom is -0.496 e. The van der Waals surface area contributed by atoms with Gasteiger partial charge in [0.15, 0.2) is 0 Å². The molecule has 1 unspecified atom stereocenters. The lowest BCUT2D eigenvalue weighted by Gasteiger charge is -2.23. The van der Waals surface area contributed by atoms with E-state index >= 15 is 0 Å². The molecule has 0 aliphatic rings. The van der Waals surface area contributed by atoms with Crippen molar-refractivity contribution >= 4 is 31.9 Å². The Kier molecular flexibility index (Phi) is 5.46. The molecule has 1 N–H and O–H groups in total. The smallest absolute Gasteiger partial charge is 0.125 e. The summed E-state index contributed by atoms with van der Waals surface area (Å²) in [6.07, 6.45) is 1.84. The maximum Gasteiger partial charge on any atom is 0.125 e. The lowest BCUT2D eigenvalue weighted by molar-refractivity contribution is 0.401. The first-order chi connectivity index (χ1) is 9.99. The molecule has 4 nitrogen and oxygen atoms in total. The van der Waals surface area contributed by atoms with Crippen molar-refractivity contribution in [3.8, 4) is 5.75 Å². The zero-order chi connectivity index (χ0) is 15.6. The highest BCUT2D eigenvalue weighted by Crippen LogP contribution is 2.35. The van der Waals surface area contributed by atoms with Crippen LogP contribution in [0, 0.1) is 0 Å². The maximum absolute atomic E-state index is 5.53. The number of hydrogen-bond donors (Lipinski definition) is 1. The topological polar surface area (TPSA) is 39.1 Å². The van der Waals surface area contributed by atoms with Crippen LogP contribution in [0.5, 0.6) is 5.75 Å². The first-order valence-electron chi connectivity index (χ1n) is 6.73. The number of hydrogen-bond acceptors (Lipinski definition) is 3. The van der Waals surface area contributed by atoms with E-state index in [0.717, 1.165) is 26.0 Å². The lowest BCUT2D eigenvalue weighted by Crippen LogP contribution is -2.23. The molecule has 0 fully saturated rings. The van der Waals surface area contributed by atoms with E-state index in [-0.39, 0.29) is 12.1 Å². The number of ether oxygens (including phenoxy) is 1. The second kappa shape index (κ2) is 6.94. The summed E-state index contributed by atoms with van der Waals surface area (Å²) in [6, 6.07) is 6.33. The third kappa shape index (κ3) is 3.33. The molecule has 21 heavy (non-hydrogen) atoms. The predicted octanol–water partition coefficient (Wildman–Crippen LogP) is 4.31. The van der Waals surface area contributed by atoms with E-state index in [2.05, 4.69) is 62.2 Å². The number of aromatic nitrogens is 2. The Morgan fingerprint density at radius 1 is 1.29 bits per heavy atom. The first kappa shape index (κ1) is 16.5. The Balaban J connectivity index is 2.57. The van der Waals surface area contributed by atoms with Crippen molar-refractivity contribution in [3.63, 3.8) is 0 Å². The molecule has 1 aromatic heterocycles. The van der Waals surface area contributed by atoms with Gasteiger partial charge in [-0.05, 0) is 49.0 Å². The minimum absolute atomic E-state index is 0.00711. The average Bonchev–Trinajstić information content (AvgIpc) is 2.83. The number of benzene rings is 1. The van der Waals surface area contributed by atoms with Crippen molar-refractivity contribution in [2.75, 3.05) is 14.2 Å². The summed E-state index contributed by atoms with van der Waals surface area (Å²) in [5.41, 5.74) is 2.17. The van der Waals surface area contributed by atoms with Gasteiger partial charge in [-0.15, -0.1) is 0 Å². The van der Waals surface area contributed by atoms with Gasteiger partial charge in [-0.3, -0.25) is 4.68 Å². The quantitative estimate of drug-likeness (QED) is 0.789. The molecule has 0 saturated heterocycles. The van der Waals surface area contributed by atoms with E-state index in [4.69, 9.17) is 4.74 Å². The van der Waals surface area contributed by atoms with Crippen LogP contribution in [0.25, 0.3) is 0 Å². The highest BCUT2D eigenvalue weighted by atomic mass is 79.9. The van der Waals surface area contributed by atoms with Crippen LogP contribution in [-0.2, 0) is 0 Å². The number of methoxy groups -OCH3 is 1. The van der Waals surface area contributed by atoms with E-state index in [0.29, 0.717) is 0 Å². The standard InChI is InChI=1S/C15H19Br2N3O/c1-9(2)20-15(12(17)8-19-20)14(18-3)11-6-5-10(16)7-13(11)21-4/h5-9,14,18H,1-4H3. The van der Waals surface area contributed by atoms with Crippen LogP contribution in [0.2, 0.25) is 0 Å². The van der Waals surface area contributed by atoms with Crippen molar-refractivity contribution in [3.05, 3.63) is 44.6 Å². The van der Waals surface area contributed by atoms with E-state index < -0.39 is 0 Å². The molecular formula is C15H19Br2N3O. The molecule has 6 heteroatoms. The summed E-state index contributed by atoms with van der Waals surface area (Å²) in [7, 11) is 3.63. The summed E-state index contributed by atoms with van der Waals surface area (Å²) in [4.78, 5) is 0. The Morgan fingerprint density at radius 2 is 2.00 bits per heavy atom. The Hall–Kier alpha value is -0.850. The Labute approximate surface area is 142 Å². The van der Waals surface area contributed by atoms with Crippen LogP contribution >= 0.6 is 31.9 Å². The normalized spacial score (nSPS) is 12.7. The van der Waals surface area contributed by atoms with Crippen LogP contribution in [0.15, 0.2) is 33.3 Å². The van der Waals surface area contributed by atoms with Crippen LogP contribution < -0.4 is 10.1 Å². The van der Waals surface area contributed by atoms with Crippen LogP contribution in [0.3, 0.4) is 0 Å². The zero-order valence-corrected chi connectivity index (χ0v) is 15.7. The van der Waals surface area contributed by atoms with Crippen molar-refractivity contribution in [2.24, 2.45) is 0 Å². The summed E-state index contributed by atoms with van der Waals surface area (Å²) >= 11 is 7.09. The third-order valence-corrected chi connectivity index (χ3v) is 4.45. The van der Waals surface area contributed by atoms with Crippen LogP contribution in [0.4, 0.5) is 0 Å².